The predicted octanol–water partition coefficient (Wildman–Crippen LogP) is 4.48. The van der Waals surface area contributed by atoms with E-state index in [4.69, 9.17) is 16.3 Å². The molecule has 148 valence electrons. The van der Waals surface area contributed by atoms with Gasteiger partial charge in [0.05, 0.1) is 19.2 Å². The number of nitriles is 1. The third-order valence-electron chi connectivity index (χ3n) is 4.97. The number of likely N-dealkylation sites (N-methyl/N-ethyl adjacent to an activating group) is 1. The molecule has 0 spiro atoms. The van der Waals surface area contributed by atoms with Gasteiger partial charge in [-0.15, -0.1) is 11.3 Å². The number of carbonyl (C=O) groups is 1. The minimum Gasteiger partial charge on any atom is -0.496 e. The summed E-state index contributed by atoms with van der Waals surface area (Å²) in [6.45, 7) is 2.96. The third-order valence-corrected chi connectivity index (χ3v) is 6.38. The van der Waals surface area contributed by atoms with E-state index in [-0.39, 0.29) is 12.5 Å². The molecule has 1 aliphatic carbocycles. The van der Waals surface area contributed by atoms with E-state index in [1.165, 1.54) is 4.88 Å². The van der Waals surface area contributed by atoms with Crippen molar-refractivity contribution in [3.63, 3.8) is 0 Å². The van der Waals surface area contributed by atoms with Crippen LogP contribution in [0, 0.1) is 17.2 Å². The summed E-state index contributed by atoms with van der Waals surface area (Å²) in [5.41, 5.74) is 2.68. The number of hydrogen-bond donors (Lipinski definition) is 1. The minimum absolute atomic E-state index is 0.133. The summed E-state index contributed by atoms with van der Waals surface area (Å²) in [5.74, 6) is 1.23. The standard InChI is InChI=1S/C21H24ClN3O2S/c1-13-4-6-16-17(10-23)21(28-19(16)8-13)24-20(26)12-25(2)11-14-9-15(22)5-7-18(14)27-3/h5,7,9,13H,4,6,8,11-12H2,1-3H3,(H,24,26)/t13-/m0/s1. The molecule has 0 bridgehead atoms. The van der Waals surface area contributed by atoms with E-state index in [2.05, 4.69) is 18.3 Å². The largest absolute Gasteiger partial charge is 0.496 e. The van der Waals surface area contributed by atoms with Crippen molar-refractivity contribution in [2.24, 2.45) is 5.92 Å². The normalized spacial score (nSPS) is 15.8. The second kappa shape index (κ2) is 8.95. The lowest BCUT2D eigenvalue weighted by atomic mass is 9.89. The average Bonchev–Trinajstić information content (AvgIpc) is 2.97. The van der Waals surface area contributed by atoms with Gasteiger partial charge in [0, 0.05) is 22.0 Å². The van der Waals surface area contributed by atoms with Gasteiger partial charge in [-0.1, -0.05) is 18.5 Å². The molecule has 0 saturated carbocycles. The first kappa shape index (κ1) is 20.7. The van der Waals surface area contributed by atoms with Crippen molar-refractivity contribution in [1.29, 1.82) is 5.26 Å². The fraction of sp³-hybridized carbons (Fsp3) is 0.429. The zero-order chi connectivity index (χ0) is 20.3. The zero-order valence-corrected chi connectivity index (χ0v) is 17.9. The highest BCUT2D eigenvalue weighted by molar-refractivity contribution is 7.16. The number of methoxy groups -OCH3 is 1. The lowest BCUT2D eigenvalue weighted by molar-refractivity contribution is -0.117. The number of halogens is 1. The fourth-order valence-corrected chi connectivity index (χ4v) is 5.16. The van der Waals surface area contributed by atoms with Gasteiger partial charge in [0.25, 0.3) is 0 Å². The molecular weight excluding hydrogens is 394 g/mol. The van der Waals surface area contributed by atoms with Gasteiger partial charge in [-0.2, -0.15) is 5.26 Å². The summed E-state index contributed by atoms with van der Waals surface area (Å²) in [5, 5.41) is 13.8. The number of carbonyl (C=O) groups excluding carboxylic acids is 1. The Kier molecular flexibility index (Phi) is 6.61. The Morgan fingerprint density at radius 2 is 2.29 bits per heavy atom. The second-order valence-electron chi connectivity index (χ2n) is 7.34. The van der Waals surface area contributed by atoms with Crippen molar-refractivity contribution >= 4 is 33.8 Å². The van der Waals surface area contributed by atoms with E-state index in [9.17, 15) is 10.1 Å². The van der Waals surface area contributed by atoms with E-state index in [1.807, 2.05) is 24.1 Å². The van der Waals surface area contributed by atoms with Gasteiger partial charge in [0.2, 0.25) is 5.91 Å². The highest BCUT2D eigenvalue weighted by Crippen LogP contribution is 2.39. The molecule has 0 unspecified atom stereocenters. The minimum atomic E-state index is -0.133. The van der Waals surface area contributed by atoms with Crippen LogP contribution in [-0.2, 0) is 24.2 Å². The van der Waals surface area contributed by atoms with E-state index < -0.39 is 0 Å². The maximum absolute atomic E-state index is 12.6. The van der Waals surface area contributed by atoms with E-state index in [0.717, 1.165) is 36.1 Å². The molecule has 1 aliphatic rings. The summed E-state index contributed by atoms with van der Waals surface area (Å²) in [6.07, 6.45) is 3.00. The van der Waals surface area contributed by atoms with Crippen LogP contribution in [0.5, 0.6) is 5.75 Å². The quantitative estimate of drug-likeness (QED) is 0.752. The molecule has 1 aromatic heterocycles. The smallest absolute Gasteiger partial charge is 0.239 e. The first-order valence-electron chi connectivity index (χ1n) is 9.26. The predicted molar refractivity (Wildman–Crippen MR) is 113 cm³/mol. The van der Waals surface area contributed by atoms with Crippen LogP contribution >= 0.6 is 22.9 Å². The van der Waals surface area contributed by atoms with Crippen LogP contribution in [0.1, 0.15) is 34.9 Å². The monoisotopic (exact) mass is 417 g/mol. The highest BCUT2D eigenvalue weighted by Gasteiger charge is 2.24. The van der Waals surface area contributed by atoms with Crippen LogP contribution in [-0.4, -0.2) is 31.5 Å². The number of rotatable bonds is 6. The molecule has 3 rings (SSSR count). The summed E-state index contributed by atoms with van der Waals surface area (Å²) in [4.78, 5) is 15.7. The molecule has 1 N–H and O–H groups in total. The Hall–Kier alpha value is -2.07. The number of thiophene rings is 1. The Labute approximate surface area is 174 Å². The van der Waals surface area contributed by atoms with Gasteiger partial charge in [0.1, 0.15) is 16.8 Å². The Morgan fingerprint density at radius 3 is 3.00 bits per heavy atom. The Morgan fingerprint density at radius 1 is 1.50 bits per heavy atom. The maximum Gasteiger partial charge on any atom is 0.239 e. The molecule has 0 fully saturated rings. The lowest BCUT2D eigenvalue weighted by Crippen LogP contribution is -2.30. The van der Waals surface area contributed by atoms with Gasteiger partial charge in [-0.25, -0.2) is 0 Å². The molecule has 1 amide bonds. The van der Waals surface area contributed by atoms with Crippen molar-refractivity contribution < 1.29 is 9.53 Å². The van der Waals surface area contributed by atoms with Crippen LogP contribution in [0.2, 0.25) is 5.02 Å². The van der Waals surface area contributed by atoms with E-state index in [1.54, 1.807) is 24.5 Å². The molecule has 0 aliphatic heterocycles. The van der Waals surface area contributed by atoms with Gasteiger partial charge in [-0.3, -0.25) is 9.69 Å². The zero-order valence-electron chi connectivity index (χ0n) is 16.3. The molecule has 0 radical (unpaired) electrons. The van der Waals surface area contributed by atoms with Crippen molar-refractivity contribution in [2.45, 2.75) is 32.7 Å². The number of benzene rings is 1. The molecule has 5 nitrogen and oxygen atoms in total. The SMILES string of the molecule is COc1ccc(Cl)cc1CN(C)CC(=O)Nc1sc2c(c1C#N)CC[C@H](C)C2. The molecule has 1 heterocycles. The number of amides is 1. The number of nitrogens with zero attached hydrogens (tertiary/aromatic N) is 2. The van der Waals surface area contributed by atoms with E-state index in [0.29, 0.717) is 28.0 Å². The summed E-state index contributed by atoms with van der Waals surface area (Å²) >= 11 is 7.63. The van der Waals surface area contributed by atoms with Gasteiger partial charge in [-0.05, 0) is 56.0 Å². The van der Waals surface area contributed by atoms with Crippen LogP contribution < -0.4 is 10.1 Å². The average molecular weight is 418 g/mol. The molecule has 1 atom stereocenters. The molecule has 28 heavy (non-hydrogen) atoms. The lowest BCUT2D eigenvalue weighted by Gasteiger charge is -2.18. The summed E-state index contributed by atoms with van der Waals surface area (Å²) in [7, 11) is 3.48. The Bertz CT molecular complexity index is 919. The van der Waals surface area contributed by atoms with Gasteiger partial charge >= 0.3 is 0 Å². The number of hydrogen-bond acceptors (Lipinski definition) is 5. The summed E-state index contributed by atoms with van der Waals surface area (Å²) in [6, 6.07) is 7.73. The highest BCUT2D eigenvalue weighted by atomic mass is 35.5. The van der Waals surface area contributed by atoms with Crippen LogP contribution in [0.4, 0.5) is 5.00 Å². The van der Waals surface area contributed by atoms with Crippen molar-refractivity contribution in [2.75, 3.05) is 26.0 Å². The topological polar surface area (TPSA) is 65.4 Å². The van der Waals surface area contributed by atoms with Crippen molar-refractivity contribution in [3.8, 4) is 11.8 Å². The molecule has 1 aromatic carbocycles. The van der Waals surface area contributed by atoms with Crippen LogP contribution in [0.3, 0.4) is 0 Å². The van der Waals surface area contributed by atoms with Crippen LogP contribution in [0.25, 0.3) is 0 Å². The number of fused-ring (bicyclic) bond motifs is 1. The summed E-state index contributed by atoms with van der Waals surface area (Å²) < 4.78 is 5.37. The second-order valence-corrected chi connectivity index (χ2v) is 8.89. The van der Waals surface area contributed by atoms with Crippen molar-refractivity contribution in [3.05, 3.63) is 44.8 Å². The number of anilines is 1. The first-order valence-corrected chi connectivity index (χ1v) is 10.5. The van der Waals surface area contributed by atoms with Gasteiger partial charge in [0.15, 0.2) is 0 Å². The maximum atomic E-state index is 12.6. The third kappa shape index (κ3) is 4.67. The number of ether oxygens (including phenoxy) is 1. The van der Waals surface area contributed by atoms with Gasteiger partial charge < -0.3 is 10.1 Å². The molecule has 7 heteroatoms. The molecule has 0 saturated heterocycles. The van der Waals surface area contributed by atoms with Crippen LogP contribution in [0.15, 0.2) is 18.2 Å². The molecular formula is C21H24ClN3O2S. The first-order chi connectivity index (χ1) is 13.4. The molecule has 2 aromatic rings. The number of nitrogens with one attached hydrogen (secondary N) is 1. The fourth-order valence-electron chi connectivity index (χ4n) is 3.59. The van der Waals surface area contributed by atoms with E-state index >= 15 is 0 Å². The Balaban J connectivity index is 1.66. The van der Waals surface area contributed by atoms with Crippen molar-refractivity contribution in [1.82, 2.24) is 4.90 Å².